The van der Waals surface area contributed by atoms with Crippen LogP contribution in [0.4, 0.5) is 5.69 Å². The Morgan fingerprint density at radius 1 is 0.903 bits per heavy atom. The summed E-state index contributed by atoms with van der Waals surface area (Å²) in [6.07, 6.45) is 0. The standard InChI is InChI=1S/C24H23N3O3S/c28-23-21(20-9-4-16-31-20)22(24(29)27(23)11-10-26-12-14-30-15-13-26)25-19-8-3-6-17-5-1-2-7-18(17)19/h1-9,16,25H,10-15H2. The van der Waals surface area contributed by atoms with Gasteiger partial charge in [-0.15, -0.1) is 11.3 Å². The van der Waals surface area contributed by atoms with Crippen LogP contribution in [-0.2, 0) is 14.3 Å². The number of morpholine rings is 1. The Labute approximate surface area is 184 Å². The van der Waals surface area contributed by atoms with E-state index in [4.69, 9.17) is 4.74 Å². The molecule has 2 amide bonds. The summed E-state index contributed by atoms with van der Waals surface area (Å²) < 4.78 is 5.39. The van der Waals surface area contributed by atoms with Gasteiger partial charge in [-0.25, -0.2) is 0 Å². The molecular weight excluding hydrogens is 410 g/mol. The summed E-state index contributed by atoms with van der Waals surface area (Å²) >= 11 is 1.47. The molecule has 3 aromatic rings. The van der Waals surface area contributed by atoms with E-state index < -0.39 is 0 Å². The lowest BCUT2D eigenvalue weighted by atomic mass is 10.1. The Kier molecular flexibility index (Phi) is 5.55. The molecule has 2 aliphatic rings. The summed E-state index contributed by atoms with van der Waals surface area (Å²) in [6.45, 7) is 4.04. The van der Waals surface area contributed by atoms with Gasteiger partial charge in [-0.2, -0.15) is 0 Å². The minimum atomic E-state index is -0.269. The van der Waals surface area contributed by atoms with Crippen LogP contribution in [0.5, 0.6) is 0 Å². The van der Waals surface area contributed by atoms with Crippen molar-refractivity contribution in [2.24, 2.45) is 0 Å². The van der Waals surface area contributed by atoms with Gasteiger partial charge in [0.1, 0.15) is 5.70 Å². The molecule has 1 saturated heterocycles. The lowest BCUT2D eigenvalue weighted by Crippen LogP contribution is -2.43. The predicted molar refractivity (Wildman–Crippen MR) is 123 cm³/mol. The first-order valence-corrected chi connectivity index (χ1v) is 11.3. The van der Waals surface area contributed by atoms with E-state index >= 15 is 0 Å². The van der Waals surface area contributed by atoms with Gasteiger partial charge in [0.2, 0.25) is 0 Å². The number of anilines is 1. The van der Waals surface area contributed by atoms with Gasteiger partial charge in [-0.05, 0) is 22.9 Å². The van der Waals surface area contributed by atoms with Crippen LogP contribution in [0.3, 0.4) is 0 Å². The van der Waals surface area contributed by atoms with E-state index in [1.54, 1.807) is 0 Å². The monoisotopic (exact) mass is 433 g/mol. The fourth-order valence-electron chi connectivity index (χ4n) is 4.08. The van der Waals surface area contributed by atoms with Crippen LogP contribution in [0.1, 0.15) is 4.88 Å². The molecule has 3 heterocycles. The average molecular weight is 434 g/mol. The summed E-state index contributed by atoms with van der Waals surface area (Å²) in [6, 6.07) is 17.7. The molecular formula is C24H23N3O3S. The summed E-state index contributed by atoms with van der Waals surface area (Å²) in [5.41, 5.74) is 1.62. The number of amides is 2. The van der Waals surface area contributed by atoms with Crippen molar-refractivity contribution in [3.05, 3.63) is 70.6 Å². The van der Waals surface area contributed by atoms with E-state index in [-0.39, 0.29) is 11.8 Å². The topological polar surface area (TPSA) is 61.9 Å². The minimum absolute atomic E-state index is 0.233. The minimum Gasteiger partial charge on any atom is -0.379 e. The van der Waals surface area contributed by atoms with Crippen molar-refractivity contribution in [3.63, 3.8) is 0 Å². The van der Waals surface area contributed by atoms with E-state index in [2.05, 4.69) is 10.2 Å². The third-order valence-electron chi connectivity index (χ3n) is 5.73. The molecule has 0 atom stereocenters. The number of imide groups is 1. The van der Waals surface area contributed by atoms with Gasteiger partial charge in [-0.3, -0.25) is 19.4 Å². The highest BCUT2D eigenvalue weighted by Gasteiger charge is 2.39. The van der Waals surface area contributed by atoms with Crippen LogP contribution < -0.4 is 5.32 Å². The van der Waals surface area contributed by atoms with E-state index in [0.717, 1.165) is 34.4 Å². The molecule has 0 spiro atoms. The number of nitrogens with one attached hydrogen (secondary N) is 1. The summed E-state index contributed by atoms with van der Waals surface area (Å²) in [5, 5.41) is 7.32. The molecule has 0 saturated carbocycles. The molecule has 1 N–H and O–H groups in total. The molecule has 31 heavy (non-hydrogen) atoms. The normalized spacial score (nSPS) is 17.7. The Hall–Kier alpha value is -3.00. The lowest BCUT2D eigenvalue weighted by Gasteiger charge is -2.28. The van der Waals surface area contributed by atoms with Gasteiger partial charge in [0.25, 0.3) is 11.8 Å². The van der Waals surface area contributed by atoms with Crippen molar-refractivity contribution in [2.45, 2.75) is 0 Å². The van der Waals surface area contributed by atoms with Crippen LogP contribution in [0.15, 0.2) is 65.7 Å². The Bertz CT molecular complexity index is 1140. The van der Waals surface area contributed by atoms with Gasteiger partial charge in [0.15, 0.2) is 0 Å². The summed E-state index contributed by atoms with van der Waals surface area (Å²) in [7, 11) is 0. The number of thiophene rings is 1. The molecule has 2 aromatic carbocycles. The molecule has 0 bridgehead atoms. The summed E-state index contributed by atoms with van der Waals surface area (Å²) in [5.74, 6) is -0.502. The van der Waals surface area contributed by atoms with Crippen molar-refractivity contribution in [2.75, 3.05) is 44.7 Å². The number of hydrogen-bond donors (Lipinski definition) is 1. The van der Waals surface area contributed by atoms with Crippen LogP contribution in [0, 0.1) is 0 Å². The number of carbonyl (C=O) groups is 2. The first-order chi connectivity index (χ1) is 15.2. The molecule has 7 heteroatoms. The number of rotatable bonds is 6. The zero-order valence-electron chi connectivity index (χ0n) is 17.0. The molecule has 0 radical (unpaired) electrons. The second-order valence-corrected chi connectivity index (χ2v) is 8.54. The zero-order chi connectivity index (χ0) is 21.2. The molecule has 0 aliphatic carbocycles. The van der Waals surface area contributed by atoms with Crippen molar-refractivity contribution in [3.8, 4) is 0 Å². The first-order valence-electron chi connectivity index (χ1n) is 10.4. The van der Waals surface area contributed by atoms with Crippen LogP contribution in [0.25, 0.3) is 16.3 Å². The highest BCUT2D eigenvalue weighted by atomic mass is 32.1. The number of fused-ring (bicyclic) bond motifs is 1. The Morgan fingerprint density at radius 2 is 1.71 bits per heavy atom. The summed E-state index contributed by atoms with van der Waals surface area (Å²) in [4.78, 5) is 31.1. The van der Waals surface area contributed by atoms with Gasteiger partial charge in [0.05, 0.1) is 18.8 Å². The SMILES string of the molecule is O=C1C(Nc2cccc3ccccc23)=C(c2cccs2)C(=O)N1CCN1CCOCC1. The van der Waals surface area contributed by atoms with Crippen molar-refractivity contribution in [1.29, 1.82) is 0 Å². The third-order valence-corrected chi connectivity index (χ3v) is 6.62. The zero-order valence-corrected chi connectivity index (χ0v) is 17.9. The number of nitrogens with zero attached hydrogens (tertiary/aromatic N) is 2. The Balaban J connectivity index is 1.46. The highest BCUT2D eigenvalue weighted by molar-refractivity contribution is 7.11. The quantitative estimate of drug-likeness (QED) is 0.604. The van der Waals surface area contributed by atoms with Crippen molar-refractivity contribution < 1.29 is 14.3 Å². The fraction of sp³-hybridized carbons (Fsp3) is 0.250. The smallest absolute Gasteiger partial charge is 0.278 e. The third kappa shape index (κ3) is 3.87. The molecule has 2 aliphatic heterocycles. The van der Waals surface area contributed by atoms with Crippen LogP contribution in [0.2, 0.25) is 0 Å². The van der Waals surface area contributed by atoms with Crippen LogP contribution in [-0.4, -0.2) is 61.0 Å². The van der Waals surface area contributed by atoms with Crippen LogP contribution >= 0.6 is 11.3 Å². The van der Waals surface area contributed by atoms with Gasteiger partial charge in [-0.1, -0.05) is 42.5 Å². The maximum Gasteiger partial charge on any atom is 0.278 e. The second kappa shape index (κ2) is 8.63. The van der Waals surface area contributed by atoms with E-state index in [1.807, 2.05) is 60.0 Å². The van der Waals surface area contributed by atoms with Gasteiger partial charge in [0, 0.05) is 42.1 Å². The van der Waals surface area contributed by atoms with Crippen molar-refractivity contribution in [1.82, 2.24) is 9.80 Å². The molecule has 158 valence electrons. The van der Waals surface area contributed by atoms with Gasteiger partial charge >= 0.3 is 0 Å². The number of benzene rings is 2. The molecule has 1 aromatic heterocycles. The highest BCUT2D eigenvalue weighted by Crippen LogP contribution is 2.34. The Morgan fingerprint density at radius 3 is 2.52 bits per heavy atom. The molecule has 1 fully saturated rings. The number of ether oxygens (including phenoxy) is 1. The molecule has 6 nitrogen and oxygen atoms in total. The maximum atomic E-state index is 13.4. The molecule has 5 rings (SSSR count). The van der Waals surface area contributed by atoms with Gasteiger partial charge < -0.3 is 10.1 Å². The lowest BCUT2D eigenvalue weighted by molar-refractivity contribution is -0.137. The first kappa shape index (κ1) is 19.9. The van der Waals surface area contributed by atoms with E-state index in [0.29, 0.717) is 37.6 Å². The molecule has 0 unspecified atom stereocenters. The maximum absolute atomic E-state index is 13.4. The largest absolute Gasteiger partial charge is 0.379 e. The number of carbonyl (C=O) groups excluding carboxylic acids is 2. The second-order valence-electron chi connectivity index (χ2n) is 7.59. The van der Waals surface area contributed by atoms with E-state index in [1.165, 1.54) is 16.2 Å². The predicted octanol–water partition coefficient (Wildman–Crippen LogP) is 3.43. The fourth-order valence-corrected chi connectivity index (χ4v) is 4.85. The van der Waals surface area contributed by atoms with Crippen molar-refractivity contribution >= 4 is 45.2 Å². The average Bonchev–Trinajstić information content (AvgIpc) is 3.41. The van der Waals surface area contributed by atoms with E-state index in [9.17, 15) is 9.59 Å². The number of hydrogen-bond acceptors (Lipinski definition) is 6.